The molecule has 2 aromatic rings. The molecule has 0 heterocycles. The molecule has 0 aromatic heterocycles. The quantitative estimate of drug-likeness (QED) is 0.539. The largest absolute Gasteiger partial charge is 0.489 e. The minimum absolute atomic E-state index is 0.0635. The van der Waals surface area contributed by atoms with Gasteiger partial charge in [0.2, 0.25) is 5.91 Å². The minimum atomic E-state index is 0.0635. The number of amides is 1. The smallest absolute Gasteiger partial charge is 0.244 e. The zero-order valence-corrected chi connectivity index (χ0v) is 16.8. The van der Waals surface area contributed by atoms with Crippen LogP contribution in [0.3, 0.4) is 0 Å². The lowest BCUT2D eigenvalue weighted by Gasteiger charge is -2.15. The molecule has 2 aliphatic rings. The first kappa shape index (κ1) is 19.0. The lowest BCUT2D eigenvalue weighted by atomic mass is 9.90. The third kappa shape index (κ3) is 4.07. The molecule has 2 saturated carbocycles. The molecule has 0 spiro atoms. The molecule has 4 nitrogen and oxygen atoms in total. The number of ether oxygens (including phenoxy) is 1. The van der Waals surface area contributed by atoms with Gasteiger partial charge in [-0.3, -0.25) is 4.79 Å². The van der Waals surface area contributed by atoms with Gasteiger partial charge in [-0.05, 0) is 71.7 Å². The van der Waals surface area contributed by atoms with E-state index in [2.05, 4.69) is 17.5 Å². The highest BCUT2D eigenvalue weighted by molar-refractivity contribution is 6.30. The molecule has 0 radical (unpaired) electrons. The molecule has 0 unspecified atom stereocenters. The zero-order chi connectivity index (χ0) is 19.6. The number of hydrogen-bond donors (Lipinski definition) is 1. The molecule has 2 aromatic carbocycles. The van der Waals surface area contributed by atoms with E-state index < -0.39 is 0 Å². The fourth-order valence-corrected chi connectivity index (χ4v) is 4.61. The number of nitrogens with zero attached hydrogens (tertiary/aromatic N) is 1. The fraction of sp³-hybridized carbons (Fsp3) is 0.391. The molecule has 2 fully saturated rings. The summed E-state index contributed by atoms with van der Waals surface area (Å²) in [5.74, 6) is 1.53. The van der Waals surface area contributed by atoms with Gasteiger partial charge in [-0.2, -0.15) is 5.10 Å². The van der Waals surface area contributed by atoms with Crippen LogP contribution in [0.25, 0.3) is 0 Å². The van der Waals surface area contributed by atoms with E-state index in [9.17, 15) is 4.79 Å². The Morgan fingerprint density at radius 3 is 2.64 bits per heavy atom. The van der Waals surface area contributed by atoms with Crippen LogP contribution in [-0.4, -0.2) is 12.1 Å². The molecular formula is C23H25ClN2O2. The minimum Gasteiger partial charge on any atom is -0.489 e. The van der Waals surface area contributed by atoms with Crippen molar-refractivity contribution >= 4 is 23.7 Å². The predicted molar refractivity (Wildman–Crippen MR) is 112 cm³/mol. The second kappa shape index (κ2) is 7.96. The molecular weight excluding hydrogens is 372 g/mol. The molecule has 0 bridgehead atoms. The molecule has 146 valence electrons. The summed E-state index contributed by atoms with van der Waals surface area (Å²) in [5, 5.41) is 4.86. The topological polar surface area (TPSA) is 50.7 Å². The Hall–Kier alpha value is -2.33. The maximum absolute atomic E-state index is 12.4. The Kier molecular flexibility index (Phi) is 5.40. The van der Waals surface area contributed by atoms with E-state index in [0.29, 0.717) is 17.5 Å². The first-order valence-corrected chi connectivity index (χ1v) is 10.2. The number of halogens is 1. The van der Waals surface area contributed by atoms with Gasteiger partial charge in [0.15, 0.2) is 0 Å². The summed E-state index contributed by atoms with van der Waals surface area (Å²) < 4.78 is 5.78. The van der Waals surface area contributed by atoms with Crippen molar-refractivity contribution in [2.75, 3.05) is 0 Å². The van der Waals surface area contributed by atoms with Crippen molar-refractivity contribution in [2.24, 2.45) is 22.4 Å². The Bertz CT molecular complexity index is 863. The van der Waals surface area contributed by atoms with Crippen LogP contribution < -0.4 is 10.2 Å². The Labute approximate surface area is 170 Å². The summed E-state index contributed by atoms with van der Waals surface area (Å²) in [6.45, 7) is 2.73. The van der Waals surface area contributed by atoms with E-state index >= 15 is 0 Å². The summed E-state index contributed by atoms with van der Waals surface area (Å²) in [4.78, 5) is 12.4. The van der Waals surface area contributed by atoms with Crippen molar-refractivity contribution in [3.63, 3.8) is 0 Å². The van der Waals surface area contributed by atoms with E-state index in [0.717, 1.165) is 23.3 Å². The first-order chi connectivity index (χ1) is 13.6. The van der Waals surface area contributed by atoms with Gasteiger partial charge in [-0.1, -0.05) is 43.5 Å². The average Bonchev–Trinajstić information content (AvgIpc) is 3.34. The Balaban J connectivity index is 1.26. The highest BCUT2D eigenvalue weighted by Gasteiger charge is 2.64. The molecule has 3 atom stereocenters. The zero-order valence-electron chi connectivity index (χ0n) is 16.0. The van der Waals surface area contributed by atoms with Crippen LogP contribution >= 0.6 is 11.6 Å². The maximum Gasteiger partial charge on any atom is 0.244 e. The fourth-order valence-electron chi connectivity index (χ4n) is 4.49. The SMILES string of the molecule is C[C@]12CCCC[C@H]1[C@H]2C(=O)N/N=C/c1ccc(OCc2ccc(Cl)cc2)cc1. The first-order valence-electron chi connectivity index (χ1n) is 9.86. The van der Waals surface area contributed by atoms with Gasteiger partial charge in [-0.25, -0.2) is 5.43 Å². The van der Waals surface area contributed by atoms with Gasteiger partial charge in [0.25, 0.3) is 0 Å². The number of benzene rings is 2. The van der Waals surface area contributed by atoms with Gasteiger partial charge < -0.3 is 4.74 Å². The summed E-state index contributed by atoms with van der Waals surface area (Å²) in [6, 6.07) is 15.2. The van der Waals surface area contributed by atoms with E-state index in [-0.39, 0.29) is 17.2 Å². The molecule has 28 heavy (non-hydrogen) atoms. The van der Waals surface area contributed by atoms with E-state index in [1.807, 2.05) is 48.5 Å². The van der Waals surface area contributed by atoms with Crippen molar-refractivity contribution in [1.82, 2.24) is 5.43 Å². The number of carbonyl (C=O) groups is 1. The lowest BCUT2D eigenvalue weighted by molar-refractivity contribution is -0.123. The van der Waals surface area contributed by atoms with Crippen LogP contribution in [0.15, 0.2) is 53.6 Å². The highest BCUT2D eigenvalue weighted by atomic mass is 35.5. The molecule has 0 aliphatic heterocycles. The van der Waals surface area contributed by atoms with Gasteiger partial charge in [-0.15, -0.1) is 0 Å². The van der Waals surface area contributed by atoms with Crippen molar-refractivity contribution in [3.8, 4) is 5.75 Å². The van der Waals surface area contributed by atoms with Crippen molar-refractivity contribution < 1.29 is 9.53 Å². The maximum atomic E-state index is 12.4. The number of hydrogen-bond acceptors (Lipinski definition) is 3. The van der Waals surface area contributed by atoms with Crippen molar-refractivity contribution in [2.45, 2.75) is 39.2 Å². The Morgan fingerprint density at radius 2 is 1.96 bits per heavy atom. The van der Waals surface area contributed by atoms with Crippen molar-refractivity contribution in [3.05, 3.63) is 64.7 Å². The van der Waals surface area contributed by atoms with Crippen LogP contribution in [-0.2, 0) is 11.4 Å². The van der Waals surface area contributed by atoms with Gasteiger partial charge in [0.05, 0.1) is 6.21 Å². The normalized spacial score (nSPS) is 25.9. The predicted octanol–water partition coefficient (Wildman–Crippen LogP) is 5.20. The monoisotopic (exact) mass is 396 g/mol. The second-order valence-corrected chi connectivity index (χ2v) is 8.49. The summed E-state index contributed by atoms with van der Waals surface area (Å²) >= 11 is 5.89. The van der Waals surface area contributed by atoms with Gasteiger partial charge in [0.1, 0.15) is 12.4 Å². The van der Waals surface area contributed by atoms with E-state index in [1.165, 1.54) is 19.3 Å². The van der Waals surface area contributed by atoms with E-state index in [1.54, 1.807) is 6.21 Å². The summed E-state index contributed by atoms with van der Waals surface area (Å²) in [5.41, 5.74) is 4.92. The van der Waals surface area contributed by atoms with E-state index in [4.69, 9.17) is 16.3 Å². The molecule has 5 heteroatoms. The number of hydrazone groups is 1. The Morgan fingerprint density at radius 1 is 1.21 bits per heavy atom. The number of carbonyl (C=O) groups excluding carboxylic acids is 1. The number of fused-ring (bicyclic) bond motifs is 1. The summed E-state index contributed by atoms with van der Waals surface area (Å²) in [7, 11) is 0. The molecule has 1 N–H and O–H groups in total. The molecule has 0 saturated heterocycles. The van der Waals surface area contributed by atoms with Gasteiger partial charge >= 0.3 is 0 Å². The van der Waals surface area contributed by atoms with Crippen LogP contribution in [0.4, 0.5) is 0 Å². The lowest BCUT2D eigenvalue weighted by Crippen LogP contribution is -2.22. The van der Waals surface area contributed by atoms with Crippen LogP contribution in [0.2, 0.25) is 5.02 Å². The number of rotatable bonds is 6. The molecule has 1 amide bonds. The van der Waals surface area contributed by atoms with Crippen LogP contribution in [0, 0.1) is 17.3 Å². The highest BCUT2D eigenvalue weighted by Crippen LogP contribution is 2.66. The average molecular weight is 397 g/mol. The number of nitrogens with one attached hydrogen (secondary N) is 1. The second-order valence-electron chi connectivity index (χ2n) is 8.05. The standard InChI is InChI=1S/C23H25ClN2O2/c1-23-13-3-2-4-20(23)21(23)22(27)26-25-14-16-7-11-19(12-8-16)28-15-17-5-9-18(24)10-6-17/h5-12,14,20-21H,2-4,13,15H2,1H3,(H,26,27)/b25-14+/t20-,21-,23-/m0/s1. The third-order valence-corrected chi connectivity index (χ3v) is 6.45. The third-order valence-electron chi connectivity index (χ3n) is 6.20. The van der Waals surface area contributed by atoms with Gasteiger partial charge in [0, 0.05) is 10.9 Å². The van der Waals surface area contributed by atoms with Crippen molar-refractivity contribution in [1.29, 1.82) is 0 Å². The van der Waals surface area contributed by atoms with Crippen LogP contribution in [0.5, 0.6) is 5.75 Å². The van der Waals surface area contributed by atoms with Crippen LogP contribution in [0.1, 0.15) is 43.7 Å². The molecule has 4 rings (SSSR count). The molecule has 2 aliphatic carbocycles. The summed E-state index contributed by atoms with van der Waals surface area (Å²) in [6.07, 6.45) is 6.51.